The van der Waals surface area contributed by atoms with Crippen molar-refractivity contribution in [2.45, 2.75) is 57.4 Å². The lowest BCUT2D eigenvalue weighted by atomic mass is 10.1. The van der Waals surface area contributed by atoms with Gasteiger partial charge in [-0.1, -0.05) is 47.7 Å². The van der Waals surface area contributed by atoms with Gasteiger partial charge in [-0.3, -0.25) is 0 Å². The lowest BCUT2D eigenvalue weighted by Gasteiger charge is -2.24. The molecule has 4 heterocycles. The van der Waals surface area contributed by atoms with Crippen molar-refractivity contribution in [3.05, 3.63) is 77.9 Å². The topological polar surface area (TPSA) is 96.3 Å². The van der Waals surface area contributed by atoms with Crippen LogP contribution in [0.15, 0.2) is 60.8 Å². The molecule has 2 aromatic carbocycles. The smallest absolute Gasteiger partial charge is 0.190 e. The summed E-state index contributed by atoms with van der Waals surface area (Å²) in [5.41, 5.74) is 3.71. The van der Waals surface area contributed by atoms with Crippen LogP contribution in [-0.2, 0) is 32.1 Å². The summed E-state index contributed by atoms with van der Waals surface area (Å²) < 4.78 is 26.4. The van der Waals surface area contributed by atoms with Crippen LogP contribution in [0.25, 0.3) is 11.0 Å². The van der Waals surface area contributed by atoms with Crippen LogP contribution in [0.5, 0.6) is 0 Å². The first-order valence-electron chi connectivity index (χ1n) is 11.0. The van der Waals surface area contributed by atoms with Gasteiger partial charge in [0.1, 0.15) is 29.8 Å². The summed E-state index contributed by atoms with van der Waals surface area (Å²) in [4.78, 5) is 8.06. The van der Waals surface area contributed by atoms with E-state index in [1.807, 2.05) is 62.5 Å². The predicted molar refractivity (Wildman–Crippen MR) is 118 cm³/mol. The third kappa shape index (κ3) is 4.04. The Morgan fingerprint density at radius 2 is 1.88 bits per heavy atom. The number of aromatic amines is 1. The number of fused-ring (bicyclic) bond motifs is 2. The Kier molecular flexibility index (Phi) is 4.99. The van der Waals surface area contributed by atoms with Crippen LogP contribution in [0.2, 0.25) is 0 Å². The number of hydrogen-bond donors (Lipinski definition) is 1. The monoisotopic (exact) mass is 447 g/mol. The normalized spacial score (nSPS) is 26.1. The average Bonchev–Trinajstić information content (AvgIpc) is 3.55. The number of benzene rings is 2. The van der Waals surface area contributed by atoms with Crippen LogP contribution in [0.3, 0.4) is 0 Å². The molecule has 33 heavy (non-hydrogen) atoms. The van der Waals surface area contributed by atoms with Gasteiger partial charge < -0.3 is 23.9 Å². The van der Waals surface area contributed by atoms with Crippen molar-refractivity contribution in [2.24, 2.45) is 0 Å². The second-order valence-electron chi connectivity index (χ2n) is 8.83. The second-order valence-corrected chi connectivity index (χ2v) is 8.83. The number of ether oxygens (including phenoxy) is 4. The molecule has 2 fully saturated rings. The fourth-order valence-electron chi connectivity index (χ4n) is 4.42. The maximum absolute atomic E-state index is 6.32. The van der Waals surface area contributed by atoms with Gasteiger partial charge in [0.2, 0.25) is 0 Å². The number of aromatic nitrogens is 5. The zero-order valence-electron chi connectivity index (χ0n) is 18.4. The minimum atomic E-state index is -0.741. The molecule has 9 nitrogen and oxygen atoms in total. The van der Waals surface area contributed by atoms with Crippen molar-refractivity contribution in [3.63, 3.8) is 0 Å². The summed E-state index contributed by atoms with van der Waals surface area (Å²) in [5.74, 6) is -0.0532. The molecule has 9 heteroatoms. The third-order valence-electron chi connectivity index (χ3n) is 5.87. The van der Waals surface area contributed by atoms with E-state index in [1.165, 1.54) is 0 Å². The van der Waals surface area contributed by atoms with Gasteiger partial charge in [-0.2, -0.15) is 0 Å². The van der Waals surface area contributed by atoms with Crippen molar-refractivity contribution in [3.8, 4) is 0 Å². The SMILES string of the molecule is CC1(C)O[C@H]2O[C@H](c3nc4ccccc4[nH]3)[C@H](OCc3cn(Cc4ccccc4)nn3)[C@H]2O1. The molecule has 6 rings (SSSR count). The lowest BCUT2D eigenvalue weighted by Crippen LogP contribution is -2.34. The summed E-state index contributed by atoms with van der Waals surface area (Å²) in [7, 11) is 0. The molecule has 0 radical (unpaired) electrons. The van der Waals surface area contributed by atoms with Crippen molar-refractivity contribution < 1.29 is 18.9 Å². The summed E-state index contributed by atoms with van der Waals surface area (Å²) in [6.45, 7) is 4.67. The van der Waals surface area contributed by atoms with Gasteiger partial charge in [0.05, 0.1) is 30.4 Å². The van der Waals surface area contributed by atoms with Crippen LogP contribution in [-0.4, -0.2) is 49.2 Å². The van der Waals surface area contributed by atoms with Gasteiger partial charge in [0, 0.05) is 0 Å². The number of imidazole rings is 1. The molecule has 0 amide bonds. The van der Waals surface area contributed by atoms with Crippen LogP contribution < -0.4 is 0 Å². The Hall–Kier alpha value is -3.11. The van der Waals surface area contributed by atoms with E-state index in [0.717, 1.165) is 22.3 Å². The van der Waals surface area contributed by atoms with Gasteiger partial charge in [-0.25, -0.2) is 9.67 Å². The van der Waals surface area contributed by atoms with E-state index in [9.17, 15) is 0 Å². The Bertz CT molecular complexity index is 1220. The molecule has 0 unspecified atom stereocenters. The molecule has 0 aliphatic carbocycles. The minimum Gasteiger partial charge on any atom is -0.366 e. The highest BCUT2D eigenvalue weighted by Gasteiger charge is 2.56. The average molecular weight is 447 g/mol. The lowest BCUT2D eigenvalue weighted by molar-refractivity contribution is -0.221. The summed E-state index contributed by atoms with van der Waals surface area (Å²) in [5, 5.41) is 8.50. The molecule has 170 valence electrons. The van der Waals surface area contributed by atoms with Crippen molar-refractivity contribution in [2.75, 3.05) is 0 Å². The molecule has 4 atom stereocenters. The highest BCUT2D eigenvalue weighted by molar-refractivity contribution is 5.74. The van der Waals surface area contributed by atoms with E-state index in [2.05, 4.69) is 27.4 Å². The zero-order valence-corrected chi connectivity index (χ0v) is 18.4. The number of para-hydroxylation sites is 2. The molecule has 2 saturated heterocycles. The molecule has 0 saturated carbocycles. The fourth-order valence-corrected chi connectivity index (χ4v) is 4.42. The van der Waals surface area contributed by atoms with Crippen LogP contribution in [0, 0.1) is 0 Å². The summed E-state index contributed by atoms with van der Waals surface area (Å²) in [6, 6.07) is 18.0. The summed E-state index contributed by atoms with van der Waals surface area (Å²) in [6.07, 6.45) is 0.112. The first-order valence-corrected chi connectivity index (χ1v) is 11.0. The molecule has 1 N–H and O–H groups in total. The number of rotatable bonds is 6. The van der Waals surface area contributed by atoms with E-state index in [4.69, 9.17) is 23.9 Å². The second kappa shape index (κ2) is 8.03. The Labute approximate surface area is 190 Å². The molecule has 0 spiro atoms. The molecule has 2 aromatic heterocycles. The highest BCUT2D eigenvalue weighted by Crippen LogP contribution is 2.44. The van der Waals surface area contributed by atoms with E-state index < -0.39 is 24.3 Å². The fraction of sp³-hybridized carbons (Fsp3) is 0.375. The van der Waals surface area contributed by atoms with E-state index >= 15 is 0 Å². The van der Waals surface area contributed by atoms with E-state index in [1.54, 1.807) is 4.68 Å². The van der Waals surface area contributed by atoms with Crippen LogP contribution in [0.1, 0.15) is 37.0 Å². The van der Waals surface area contributed by atoms with E-state index in [-0.39, 0.29) is 12.7 Å². The number of hydrogen-bond acceptors (Lipinski definition) is 7. The third-order valence-corrected chi connectivity index (χ3v) is 5.87. The van der Waals surface area contributed by atoms with Gasteiger partial charge in [-0.15, -0.1) is 5.10 Å². The van der Waals surface area contributed by atoms with Gasteiger partial charge in [-0.05, 0) is 31.5 Å². The van der Waals surface area contributed by atoms with Gasteiger partial charge in [0.15, 0.2) is 12.1 Å². The molecular weight excluding hydrogens is 422 g/mol. The molecule has 0 bridgehead atoms. The number of H-pyrrole nitrogens is 1. The summed E-state index contributed by atoms with van der Waals surface area (Å²) >= 11 is 0. The standard InChI is InChI=1S/C24H25N5O4/c1-24(2)32-21-19(30-14-16-13-29(28-27-16)12-15-8-4-3-5-9-15)20(31-23(21)33-24)22-25-17-10-6-7-11-18(17)26-22/h3-11,13,19-21,23H,12,14H2,1-2H3,(H,25,26)/t19-,20-,21+,23+/m0/s1. The first-order chi connectivity index (χ1) is 16.0. The zero-order chi connectivity index (χ0) is 22.4. The molecule has 2 aliphatic heterocycles. The maximum Gasteiger partial charge on any atom is 0.190 e. The van der Waals surface area contributed by atoms with Crippen molar-refractivity contribution in [1.29, 1.82) is 0 Å². The van der Waals surface area contributed by atoms with Crippen LogP contribution >= 0.6 is 0 Å². The van der Waals surface area contributed by atoms with Crippen molar-refractivity contribution in [1.82, 2.24) is 25.0 Å². The molecule has 4 aromatic rings. The van der Waals surface area contributed by atoms with Crippen molar-refractivity contribution >= 4 is 11.0 Å². The van der Waals surface area contributed by atoms with Gasteiger partial charge in [0.25, 0.3) is 0 Å². The largest absolute Gasteiger partial charge is 0.366 e. The molecule has 2 aliphatic rings. The Balaban J connectivity index is 1.21. The van der Waals surface area contributed by atoms with E-state index in [0.29, 0.717) is 12.4 Å². The number of nitrogens with zero attached hydrogens (tertiary/aromatic N) is 4. The Morgan fingerprint density at radius 1 is 1.06 bits per heavy atom. The Morgan fingerprint density at radius 3 is 2.73 bits per heavy atom. The first kappa shape index (κ1) is 20.5. The highest BCUT2D eigenvalue weighted by atomic mass is 16.8. The molecular formula is C24H25N5O4. The maximum atomic E-state index is 6.32. The predicted octanol–water partition coefficient (Wildman–Crippen LogP) is 3.34. The minimum absolute atomic E-state index is 0.270. The van der Waals surface area contributed by atoms with Gasteiger partial charge >= 0.3 is 0 Å². The van der Waals surface area contributed by atoms with Crippen LogP contribution in [0.4, 0.5) is 0 Å². The number of nitrogens with one attached hydrogen (secondary N) is 1. The quantitative estimate of drug-likeness (QED) is 0.484.